The quantitative estimate of drug-likeness (QED) is 0.523. The van der Waals surface area contributed by atoms with Crippen molar-refractivity contribution in [2.45, 2.75) is 76.2 Å². The Kier molecular flexibility index (Phi) is 4.17. The summed E-state index contributed by atoms with van der Waals surface area (Å²) in [7, 11) is 0. The summed E-state index contributed by atoms with van der Waals surface area (Å²) in [5.74, 6) is 0.823. The molecule has 0 radical (unpaired) electrons. The number of carbonyl (C=O) groups excluding carboxylic acids is 1. The molecule has 0 aromatic heterocycles. The summed E-state index contributed by atoms with van der Waals surface area (Å²) in [6.07, 6.45) is 15.9. The first kappa shape index (κ1) is 11.9. The van der Waals surface area contributed by atoms with Crippen molar-refractivity contribution < 1.29 is 4.79 Å². The fraction of sp³-hybridized carbons (Fsp3) is 0.929. The van der Waals surface area contributed by atoms with E-state index >= 15 is 0 Å². The van der Waals surface area contributed by atoms with Gasteiger partial charge in [-0.3, -0.25) is 0 Å². The summed E-state index contributed by atoms with van der Waals surface area (Å²) in [5, 5.41) is 0. The SMILES string of the molecule is O=C=NC1(CC2CCCCC2)CCCCC1. The lowest BCUT2D eigenvalue weighted by Gasteiger charge is -2.36. The van der Waals surface area contributed by atoms with Crippen LogP contribution in [-0.2, 0) is 4.79 Å². The van der Waals surface area contributed by atoms with Crippen molar-refractivity contribution in [3.8, 4) is 0 Å². The molecule has 90 valence electrons. The minimum Gasteiger partial charge on any atom is -0.211 e. The van der Waals surface area contributed by atoms with Crippen LogP contribution in [0.3, 0.4) is 0 Å². The van der Waals surface area contributed by atoms with Crippen molar-refractivity contribution in [2.75, 3.05) is 0 Å². The molecule has 16 heavy (non-hydrogen) atoms. The molecule has 2 fully saturated rings. The van der Waals surface area contributed by atoms with Crippen LogP contribution in [0.2, 0.25) is 0 Å². The van der Waals surface area contributed by atoms with E-state index in [-0.39, 0.29) is 5.54 Å². The van der Waals surface area contributed by atoms with Gasteiger partial charge in [0.15, 0.2) is 0 Å². The summed E-state index contributed by atoms with van der Waals surface area (Å²) < 4.78 is 0. The highest BCUT2D eigenvalue weighted by Crippen LogP contribution is 2.40. The third-order valence-electron chi connectivity index (χ3n) is 4.46. The summed E-state index contributed by atoms with van der Waals surface area (Å²) >= 11 is 0. The van der Waals surface area contributed by atoms with Crippen LogP contribution in [0.1, 0.15) is 70.6 Å². The zero-order chi connectivity index (χ0) is 11.3. The summed E-state index contributed by atoms with van der Waals surface area (Å²) in [4.78, 5) is 14.8. The molecule has 0 amide bonds. The van der Waals surface area contributed by atoms with Crippen molar-refractivity contribution in [3.63, 3.8) is 0 Å². The van der Waals surface area contributed by atoms with E-state index in [0.717, 1.165) is 25.2 Å². The van der Waals surface area contributed by atoms with E-state index in [1.54, 1.807) is 0 Å². The van der Waals surface area contributed by atoms with Gasteiger partial charge in [0.25, 0.3) is 0 Å². The van der Waals surface area contributed by atoms with Gasteiger partial charge in [-0.05, 0) is 25.2 Å². The number of rotatable bonds is 3. The van der Waals surface area contributed by atoms with E-state index < -0.39 is 0 Å². The first-order valence-corrected chi connectivity index (χ1v) is 6.94. The lowest BCUT2D eigenvalue weighted by molar-refractivity contribution is 0.209. The minimum absolute atomic E-state index is 0.0119. The number of isocyanates is 1. The summed E-state index contributed by atoms with van der Waals surface area (Å²) in [6.45, 7) is 0. The Morgan fingerprint density at radius 3 is 2.25 bits per heavy atom. The van der Waals surface area contributed by atoms with Crippen LogP contribution in [0, 0.1) is 5.92 Å². The zero-order valence-corrected chi connectivity index (χ0v) is 10.2. The van der Waals surface area contributed by atoms with Gasteiger partial charge in [0.2, 0.25) is 6.08 Å². The van der Waals surface area contributed by atoms with E-state index in [9.17, 15) is 4.79 Å². The Hall–Kier alpha value is -0.620. The average Bonchev–Trinajstić information content (AvgIpc) is 2.31. The van der Waals surface area contributed by atoms with E-state index in [4.69, 9.17) is 0 Å². The van der Waals surface area contributed by atoms with Gasteiger partial charge in [0.05, 0.1) is 5.54 Å². The number of hydrogen-bond donors (Lipinski definition) is 0. The lowest BCUT2D eigenvalue weighted by atomic mass is 9.73. The molecule has 2 aliphatic carbocycles. The topological polar surface area (TPSA) is 29.4 Å². The van der Waals surface area contributed by atoms with E-state index in [1.165, 1.54) is 51.4 Å². The van der Waals surface area contributed by atoms with Crippen LogP contribution in [0.5, 0.6) is 0 Å². The van der Waals surface area contributed by atoms with Gasteiger partial charge in [-0.2, -0.15) is 4.99 Å². The molecule has 2 saturated carbocycles. The Labute approximate surface area is 98.5 Å². The molecule has 2 heteroatoms. The molecule has 0 atom stereocenters. The monoisotopic (exact) mass is 221 g/mol. The molecule has 0 aromatic rings. The smallest absolute Gasteiger partial charge is 0.211 e. The summed E-state index contributed by atoms with van der Waals surface area (Å²) in [5.41, 5.74) is -0.0119. The van der Waals surface area contributed by atoms with E-state index in [1.807, 2.05) is 6.08 Å². The third-order valence-corrected chi connectivity index (χ3v) is 4.46. The van der Waals surface area contributed by atoms with Crippen molar-refractivity contribution in [2.24, 2.45) is 10.9 Å². The van der Waals surface area contributed by atoms with Crippen LogP contribution in [0.25, 0.3) is 0 Å². The lowest BCUT2D eigenvalue weighted by Crippen LogP contribution is -2.32. The van der Waals surface area contributed by atoms with Crippen LogP contribution >= 0.6 is 0 Å². The van der Waals surface area contributed by atoms with Gasteiger partial charge in [-0.15, -0.1) is 0 Å². The normalized spacial score (nSPS) is 26.0. The predicted octanol–water partition coefficient (Wildman–Crippen LogP) is 4.00. The number of hydrogen-bond acceptors (Lipinski definition) is 2. The molecule has 2 nitrogen and oxygen atoms in total. The highest BCUT2D eigenvalue weighted by molar-refractivity contribution is 5.35. The van der Waals surface area contributed by atoms with Gasteiger partial charge in [0, 0.05) is 0 Å². The molecule has 2 aliphatic rings. The largest absolute Gasteiger partial charge is 0.235 e. The highest BCUT2D eigenvalue weighted by atomic mass is 16.1. The van der Waals surface area contributed by atoms with Gasteiger partial charge in [0.1, 0.15) is 0 Å². The number of aliphatic imine (C=N–C) groups is 1. The Bertz CT molecular complexity index is 256. The first-order valence-electron chi connectivity index (χ1n) is 6.94. The van der Waals surface area contributed by atoms with Crippen molar-refractivity contribution >= 4 is 6.08 Å². The van der Waals surface area contributed by atoms with Crippen LogP contribution in [0.4, 0.5) is 0 Å². The molecule has 0 aliphatic heterocycles. The van der Waals surface area contributed by atoms with Crippen LogP contribution < -0.4 is 0 Å². The van der Waals surface area contributed by atoms with Crippen LogP contribution in [0.15, 0.2) is 4.99 Å². The molecule has 2 rings (SSSR count). The highest BCUT2D eigenvalue weighted by Gasteiger charge is 2.34. The van der Waals surface area contributed by atoms with E-state index in [0.29, 0.717) is 0 Å². The molecular weight excluding hydrogens is 198 g/mol. The Balaban J connectivity index is 1.97. The van der Waals surface area contributed by atoms with Gasteiger partial charge >= 0.3 is 0 Å². The van der Waals surface area contributed by atoms with Crippen molar-refractivity contribution in [3.05, 3.63) is 0 Å². The third kappa shape index (κ3) is 2.95. The second-order valence-corrected chi connectivity index (χ2v) is 5.70. The maximum absolute atomic E-state index is 10.6. The maximum Gasteiger partial charge on any atom is 0.235 e. The van der Waals surface area contributed by atoms with Gasteiger partial charge < -0.3 is 0 Å². The Morgan fingerprint density at radius 1 is 1.00 bits per heavy atom. The average molecular weight is 221 g/mol. The van der Waals surface area contributed by atoms with Crippen LogP contribution in [-0.4, -0.2) is 11.6 Å². The fourth-order valence-corrected chi connectivity index (χ4v) is 3.60. The predicted molar refractivity (Wildman–Crippen MR) is 65.1 cm³/mol. The first-order chi connectivity index (χ1) is 7.85. The molecule has 0 unspecified atom stereocenters. The standard InChI is InChI=1S/C14H23NO/c16-12-15-14(9-5-2-6-10-14)11-13-7-3-1-4-8-13/h13H,1-11H2. The van der Waals surface area contributed by atoms with E-state index in [2.05, 4.69) is 4.99 Å². The van der Waals surface area contributed by atoms with Gasteiger partial charge in [-0.1, -0.05) is 51.4 Å². The maximum atomic E-state index is 10.6. The molecule has 0 spiro atoms. The van der Waals surface area contributed by atoms with Gasteiger partial charge in [-0.25, -0.2) is 4.79 Å². The summed E-state index contributed by atoms with van der Waals surface area (Å²) in [6, 6.07) is 0. The zero-order valence-electron chi connectivity index (χ0n) is 10.2. The number of nitrogens with zero attached hydrogens (tertiary/aromatic N) is 1. The molecular formula is C14H23NO. The molecule has 0 saturated heterocycles. The second-order valence-electron chi connectivity index (χ2n) is 5.70. The van der Waals surface area contributed by atoms with Crippen molar-refractivity contribution in [1.29, 1.82) is 0 Å². The second kappa shape index (κ2) is 5.63. The molecule has 0 N–H and O–H groups in total. The molecule has 0 bridgehead atoms. The fourth-order valence-electron chi connectivity index (χ4n) is 3.60. The molecule has 0 aromatic carbocycles. The molecule has 0 heterocycles. The Morgan fingerprint density at radius 2 is 1.62 bits per heavy atom. The van der Waals surface area contributed by atoms with Crippen molar-refractivity contribution in [1.82, 2.24) is 0 Å². The minimum atomic E-state index is -0.0119.